The van der Waals surface area contributed by atoms with Gasteiger partial charge in [0.05, 0.1) is 16.5 Å². The second kappa shape index (κ2) is 5.67. The number of nitrogens with one attached hydrogen (secondary N) is 1. The molecule has 25 heavy (non-hydrogen) atoms. The Morgan fingerprint density at radius 1 is 1.24 bits per heavy atom. The number of hydrogen-bond donors (Lipinski definition) is 1. The van der Waals surface area contributed by atoms with Crippen LogP contribution in [0.2, 0.25) is 0 Å². The van der Waals surface area contributed by atoms with Crippen LogP contribution in [0.15, 0.2) is 50.8 Å². The van der Waals surface area contributed by atoms with Crippen molar-refractivity contribution in [1.29, 1.82) is 0 Å². The van der Waals surface area contributed by atoms with Gasteiger partial charge in [0.1, 0.15) is 0 Å². The molecule has 1 aliphatic heterocycles. The van der Waals surface area contributed by atoms with Crippen LogP contribution in [0.3, 0.4) is 0 Å². The van der Waals surface area contributed by atoms with Crippen LogP contribution in [-0.4, -0.2) is 46.4 Å². The van der Waals surface area contributed by atoms with E-state index in [9.17, 15) is 13.2 Å². The minimum Gasteiger partial charge on any atom is -0.408 e. The Kier molecular flexibility index (Phi) is 3.58. The van der Waals surface area contributed by atoms with Crippen LogP contribution in [0.25, 0.3) is 11.1 Å². The molecule has 0 atom stereocenters. The van der Waals surface area contributed by atoms with Crippen LogP contribution in [-0.2, 0) is 17.1 Å². The number of oxazole rings is 1. The van der Waals surface area contributed by atoms with Gasteiger partial charge in [-0.15, -0.1) is 0 Å². The van der Waals surface area contributed by atoms with Crippen molar-refractivity contribution in [1.82, 2.24) is 18.8 Å². The van der Waals surface area contributed by atoms with Crippen molar-refractivity contribution in [2.75, 3.05) is 18.4 Å². The van der Waals surface area contributed by atoms with Gasteiger partial charge < -0.3 is 9.73 Å². The zero-order valence-corrected chi connectivity index (χ0v) is 14.1. The number of aryl methyl sites for hydroxylation is 1. The summed E-state index contributed by atoms with van der Waals surface area (Å²) in [6.45, 7) is 0.645. The first-order chi connectivity index (χ1) is 11.9. The molecule has 130 valence electrons. The largest absolute Gasteiger partial charge is 0.419 e. The number of hydrogen-bond acceptors (Lipinski definition) is 7. The Morgan fingerprint density at radius 3 is 2.68 bits per heavy atom. The van der Waals surface area contributed by atoms with Gasteiger partial charge >= 0.3 is 5.76 Å². The van der Waals surface area contributed by atoms with Crippen molar-refractivity contribution in [3.63, 3.8) is 0 Å². The van der Waals surface area contributed by atoms with Gasteiger partial charge in [0, 0.05) is 32.5 Å². The number of aromatic nitrogens is 3. The zero-order valence-electron chi connectivity index (χ0n) is 13.3. The standard InChI is InChI=1S/C15H15N5O4S/c1-19-12-7-11(3-4-13(12)24-15(19)21)25(22,23)20-8-10(9-20)18-14-16-5-2-6-17-14/h2-7,10H,8-9H2,1H3,(H,16,17,18). The normalized spacial score (nSPS) is 16.0. The Hall–Kier alpha value is -2.72. The summed E-state index contributed by atoms with van der Waals surface area (Å²) in [7, 11) is -2.10. The van der Waals surface area contributed by atoms with E-state index in [1.165, 1.54) is 34.1 Å². The number of nitrogens with zero attached hydrogens (tertiary/aromatic N) is 4. The van der Waals surface area contributed by atoms with Gasteiger partial charge in [0.2, 0.25) is 16.0 Å². The van der Waals surface area contributed by atoms with Gasteiger partial charge in [-0.25, -0.2) is 23.2 Å². The predicted octanol–water partition coefficient (Wildman–Crippen LogP) is 0.406. The molecule has 9 nitrogen and oxygen atoms in total. The predicted molar refractivity (Wildman–Crippen MR) is 89.7 cm³/mol. The van der Waals surface area contributed by atoms with Crippen molar-refractivity contribution in [3.05, 3.63) is 47.2 Å². The van der Waals surface area contributed by atoms with Crippen molar-refractivity contribution in [3.8, 4) is 0 Å². The summed E-state index contributed by atoms with van der Waals surface area (Å²) >= 11 is 0. The summed E-state index contributed by atoms with van der Waals surface area (Å²) in [4.78, 5) is 19.8. The molecule has 3 heterocycles. The quantitative estimate of drug-likeness (QED) is 0.716. The van der Waals surface area contributed by atoms with Crippen molar-refractivity contribution in [2.24, 2.45) is 7.05 Å². The molecule has 0 saturated carbocycles. The zero-order chi connectivity index (χ0) is 17.6. The second-order valence-electron chi connectivity index (χ2n) is 5.79. The van der Waals surface area contributed by atoms with Crippen molar-refractivity contribution in [2.45, 2.75) is 10.9 Å². The maximum absolute atomic E-state index is 12.7. The van der Waals surface area contributed by atoms with Gasteiger partial charge in [0.15, 0.2) is 5.58 Å². The maximum atomic E-state index is 12.7. The van der Waals surface area contributed by atoms with E-state index in [1.807, 2.05) is 0 Å². The van der Waals surface area contributed by atoms with Crippen LogP contribution >= 0.6 is 0 Å². The Balaban J connectivity index is 1.53. The molecule has 1 saturated heterocycles. The highest BCUT2D eigenvalue weighted by atomic mass is 32.2. The third kappa shape index (κ3) is 2.68. The minimum absolute atomic E-state index is 0.0424. The van der Waals surface area contributed by atoms with Gasteiger partial charge in [-0.2, -0.15) is 4.31 Å². The molecular weight excluding hydrogens is 346 g/mol. The van der Waals surface area contributed by atoms with Crippen molar-refractivity contribution >= 4 is 27.1 Å². The molecule has 1 aromatic carbocycles. The lowest BCUT2D eigenvalue weighted by atomic mass is 10.2. The molecule has 0 bridgehead atoms. The first-order valence-corrected chi connectivity index (χ1v) is 9.02. The summed E-state index contributed by atoms with van der Waals surface area (Å²) in [6.07, 6.45) is 3.24. The molecule has 1 aliphatic rings. The highest BCUT2D eigenvalue weighted by Gasteiger charge is 2.37. The summed E-state index contributed by atoms with van der Waals surface area (Å²) < 4.78 is 33.1. The van der Waals surface area contributed by atoms with E-state index in [4.69, 9.17) is 4.42 Å². The molecule has 0 radical (unpaired) electrons. The topological polar surface area (TPSA) is 110 Å². The monoisotopic (exact) mass is 361 g/mol. The fourth-order valence-electron chi connectivity index (χ4n) is 2.70. The van der Waals surface area contributed by atoms with Crippen molar-refractivity contribution < 1.29 is 12.8 Å². The lowest BCUT2D eigenvalue weighted by Crippen LogP contribution is -2.56. The number of anilines is 1. The minimum atomic E-state index is -3.63. The maximum Gasteiger partial charge on any atom is 0.419 e. The van der Waals surface area contributed by atoms with E-state index in [-0.39, 0.29) is 10.9 Å². The lowest BCUT2D eigenvalue weighted by Gasteiger charge is -2.38. The van der Waals surface area contributed by atoms with E-state index in [0.717, 1.165) is 0 Å². The molecule has 3 aromatic rings. The third-order valence-corrected chi connectivity index (χ3v) is 5.98. The lowest BCUT2D eigenvalue weighted by molar-refractivity contribution is 0.280. The number of fused-ring (bicyclic) bond motifs is 1. The van der Waals surface area contributed by atoms with Crippen LogP contribution in [0, 0.1) is 0 Å². The number of benzene rings is 1. The van der Waals surface area contributed by atoms with Gasteiger partial charge in [-0.1, -0.05) is 0 Å². The van der Waals surface area contributed by atoms with E-state index in [2.05, 4.69) is 15.3 Å². The summed E-state index contributed by atoms with van der Waals surface area (Å²) in [5, 5.41) is 3.09. The van der Waals surface area contributed by atoms with Gasteiger partial charge in [-0.05, 0) is 24.3 Å². The van der Waals surface area contributed by atoms with Gasteiger partial charge in [0.25, 0.3) is 0 Å². The van der Waals surface area contributed by atoms with Gasteiger partial charge in [-0.3, -0.25) is 4.57 Å². The van der Waals surface area contributed by atoms with E-state index < -0.39 is 15.8 Å². The Morgan fingerprint density at radius 2 is 1.96 bits per heavy atom. The summed E-state index contributed by atoms with van der Waals surface area (Å²) in [5.41, 5.74) is 0.801. The second-order valence-corrected chi connectivity index (χ2v) is 7.73. The summed E-state index contributed by atoms with van der Waals surface area (Å²) in [5.74, 6) is -0.0556. The molecule has 0 unspecified atom stereocenters. The van der Waals surface area contributed by atoms with Crippen LogP contribution in [0.1, 0.15) is 0 Å². The smallest absolute Gasteiger partial charge is 0.408 e. The molecule has 10 heteroatoms. The SMILES string of the molecule is Cn1c(=O)oc2ccc(S(=O)(=O)N3CC(Nc4ncccn4)C3)cc21. The van der Waals surface area contributed by atoms with Crippen LogP contribution in [0.4, 0.5) is 5.95 Å². The first kappa shape index (κ1) is 15.8. The summed E-state index contributed by atoms with van der Waals surface area (Å²) in [6, 6.07) is 6.07. The average molecular weight is 361 g/mol. The third-order valence-electron chi connectivity index (χ3n) is 4.15. The fourth-order valence-corrected chi connectivity index (χ4v) is 4.25. The van der Waals surface area contributed by atoms with Crippen LogP contribution < -0.4 is 11.1 Å². The molecule has 0 aliphatic carbocycles. The van der Waals surface area contributed by atoms with E-state index in [1.54, 1.807) is 18.5 Å². The molecule has 0 amide bonds. The highest BCUT2D eigenvalue weighted by molar-refractivity contribution is 7.89. The average Bonchev–Trinajstić information content (AvgIpc) is 2.85. The number of sulfonamides is 1. The molecule has 0 spiro atoms. The molecule has 4 rings (SSSR count). The highest BCUT2D eigenvalue weighted by Crippen LogP contribution is 2.25. The molecule has 2 aromatic heterocycles. The molecular formula is C15H15N5O4S. The first-order valence-electron chi connectivity index (χ1n) is 7.58. The van der Waals surface area contributed by atoms with E-state index >= 15 is 0 Å². The number of rotatable bonds is 4. The van der Waals surface area contributed by atoms with E-state index in [0.29, 0.717) is 30.1 Å². The Bertz CT molecular complexity index is 1080. The molecule has 1 fully saturated rings. The Labute approximate surface area is 143 Å². The van der Waals surface area contributed by atoms with Crippen LogP contribution in [0.5, 0.6) is 0 Å². The molecule has 1 N–H and O–H groups in total. The fraction of sp³-hybridized carbons (Fsp3) is 0.267.